The Morgan fingerprint density at radius 1 is 1.07 bits per heavy atom. The van der Waals surface area contributed by atoms with Crippen molar-refractivity contribution in [2.24, 2.45) is 0 Å². The van der Waals surface area contributed by atoms with Crippen molar-refractivity contribution in [3.05, 3.63) is 46.1 Å². The van der Waals surface area contributed by atoms with E-state index in [0.717, 1.165) is 0 Å². The molecule has 0 saturated heterocycles. The number of phenolic OH excluding ortho intramolecular Hbond substituents is 2. The summed E-state index contributed by atoms with van der Waals surface area (Å²) < 4.78 is 11.5. The van der Waals surface area contributed by atoms with Gasteiger partial charge in [-0.25, -0.2) is 0 Å². The van der Waals surface area contributed by atoms with Gasteiger partial charge in [0.25, 0.3) is 0 Å². The second kappa shape index (κ2) is 5.65. The molecule has 7 heteroatoms. The van der Waals surface area contributed by atoms with E-state index in [2.05, 4.69) is 0 Å². The zero-order valence-corrected chi connectivity index (χ0v) is 14.7. The zero-order chi connectivity index (χ0) is 19.5. The highest BCUT2D eigenvalue weighted by atomic mass is 16.5. The Morgan fingerprint density at radius 2 is 1.74 bits per heavy atom. The second-order valence-electron chi connectivity index (χ2n) is 7.16. The minimum absolute atomic E-state index is 0.0299. The van der Waals surface area contributed by atoms with Gasteiger partial charge in [-0.15, -0.1) is 0 Å². The van der Waals surface area contributed by atoms with Crippen LogP contribution in [-0.2, 0) is 6.42 Å². The number of hydrogen-bond donors (Lipinski definition) is 4. The van der Waals surface area contributed by atoms with Crippen LogP contribution in [0.5, 0.6) is 23.0 Å². The van der Waals surface area contributed by atoms with Gasteiger partial charge >= 0.3 is 0 Å². The molecule has 0 fully saturated rings. The topological polar surface area (TPSA) is 120 Å². The fourth-order valence-electron chi connectivity index (χ4n) is 3.23. The van der Waals surface area contributed by atoms with Crippen molar-refractivity contribution in [1.29, 1.82) is 0 Å². The Hall–Kier alpha value is -3.19. The van der Waals surface area contributed by atoms with Crippen molar-refractivity contribution < 1.29 is 29.6 Å². The molecule has 1 aromatic heterocycles. The van der Waals surface area contributed by atoms with Crippen molar-refractivity contribution >= 4 is 11.0 Å². The van der Waals surface area contributed by atoms with Gasteiger partial charge in [-0.1, -0.05) is 0 Å². The number of rotatable bonds is 1. The molecule has 3 aromatic rings. The summed E-state index contributed by atoms with van der Waals surface area (Å²) in [6.07, 6.45) is -0.769. The Bertz CT molecular complexity index is 1110. The quantitative estimate of drug-likeness (QED) is 0.520. The molecule has 2 aromatic carbocycles. The van der Waals surface area contributed by atoms with Crippen molar-refractivity contribution in [2.75, 3.05) is 0 Å². The molecule has 4 rings (SSSR count). The van der Waals surface area contributed by atoms with Gasteiger partial charge < -0.3 is 29.6 Å². The Labute approximate surface area is 153 Å². The smallest absolute Gasteiger partial charge is 0.238 e. The average molecular weight is 370 g/mol. The number of fused-ring (bicyclic) bond motifs is 2. The van der Waals surface area contributed by atoms with Gasteiger partial charge in [0.15, 0.2) is 5.76 Å². The number of aliphatic hydroxyl groups is 1. The first-order chi connectivity index (χ1) is 12.7. The van der Waals surface area contributed by atoms with Gasteiger partial charge in [-0.05, 0) is 38.1 Å². The number of phenols is 2. The third kappa shape index (κ3) is 2.59. The molecule has 1 aliphatic rings. The Balaban J connectivity index is 1.99. The van der Waals surface area contributed by atoms with E-state index >= 15 is 0 Å². The molecule has 27 heavy (non-hydrogen) atoms. The minimum atomic E-state index is -0.871. The van der Waals surface area contributed by atoms with E-state index in [1.165, 1.54) is 30.3 Å². The van der Waals surface area contributed by atoms with Gasteiger partial charge in [0.05, 0.1) is 6.10 Å². The van der Waals surface area contributed by atoms with Crippen molar-refractivity contribution in [3.8, 4) is 34.3 Å². The summed E-state index contributed by atoms with van der Waals surface area (Å²) in [7, 11) is 0. The lowest BCUT2D eigenvalue weighted by Crippen LogP contribution is -2.46. The molecule has 0 amide bonds. The lowest BCUT2D eigenvalue weighted by atomic mass is 9.90. The van der Waals surface area contributed by atoms with E-state index in [-0.39, 0.29) is 34.6 Å². The standard InChI is InChI=1S/C20H18O7/c1-20(2)14(22)7-11-12(27-20)8-13-15(16(11)23)17(24)18(25)19(26-13)9-3-5-10(21)6-4-9/h3-6,8,14,21-23,25H,7H2,1-2H3/t14-/m0/s1. The molecule has 0 bridgehead atoms. The molecular weight excluding hydrogens is 352 g/mol. The first-order valence-corrected chi connectivity index (χ1v) is 8.40. The first-order valence-electron chi connectivity index (χ1n) is 8.40. The molecular formula is C20H18O7. The highest BCUT2D eigenvalue weighted by Crippen LogP contribution is 2.43. The van der Waals surface area contributed by atoms with Crippen molar-refractivity contribution in [1.82, 2.24) is 0 Å². The number of benzene rings is 2. The Morgan fingerprint density at radius 3 is 2.41 bits per heavy atom. The van der Waals surface area contributed by atoms with Crippen LogP contribution in [0.1, 0.15) is 19.4 Å². The maximum Gasteiger partial charge on any atom is 0.238 e. The number of hydrogen-bond acceptors (Lipinski definition) is 7. The minimum Gasteiger partial charge on any atom is -0.508 e. The molecule has 2 heterocycles. The lowest BCUT2D eigenvalue weighted by Gasteiger charge is -2.37. The van der Waals surface area contributed by atoms with Crippen LogP contribution in [0.4, 0.5) is 0 Å². The molecule has 0 radical (unpaired) electrons. The molecule has 0 saturated carbocycles. The maximum absolute atomic E-state index is 12.7. The van der Waals surface area contributed by atoms with E-state index in [1.807, 2.05) is 0 Å². The Kier molecular flexibility index (Phi) is 3.61. The fourth-order valence-corrected chi connectivity index (χ4v) is 3.23. The molecule has 7 nitrogen and oxygen atoms in total. The van der Waals surface area contributed by atoms with Crippen LogP contribution in [0, 0.1) is 0 Å². The van der Waals surface area contributed by atoms with E-state index in [9.17, 15) is 25.2 Å². The lowest BCUT2D eigenvalue weighted by molar-refractivity contribution is -0.0415. The van der Waals surface area contributed by atoms with Gasteiger partial charge in [-0.2, -0.15) is 0 Å². The van der Waals surface area contributed by atoms with Crippen LogP contribution in [-0.4, -0.2) is 32.1 Å². The molecule has 4 N–H and O–H groups in total. The zero-order valence-electron chi connectivity index (χ0n) is 14.7. The highest BCUT2D eigenvalue weighted by molar-refractivity contribution is 5.90. The summed E-state index contributed by atoms with van der Waals surface area (Å²) in [6.45, 7) is 3.44. The average Bonchev–Trinajstić information content (AvgIpc) is 2.60. The molecule has 1 aliphatic heterocycles. The normalized spacial score (nSPS) is 18.1. The van der Waals surface area contributed by atoms with Crippen molar-refractivity contribution in [3.63, 3.8) is 0 Å². The van der Waals surface area contributed by atoms with Gasteiger partial charge in [-0.3, -0.25) is 4.79 Å². The van der Waals surface area contributed by atoms with Crippen molar-refractivity contribution in [2.45, 2.75) is 32.0 Å². The fraction of sp³-hybridized carbons (Fsp3) is 0.250. The number of aliphatic hydroxyl groups excluding tert-OH is 1. The van der Waals surface area contributed by atoms with Gasteiger partial charge in [0.1, 0.15) is 33.8 Å². The van der Waals surface area contributed by atoms with E-state index in [0.29, 0.717) is 16.9 Å². The largest absolute Gasteiger partial charge is 0.508 e. The molecule has 0 unspecified atom stereocenters. The van der Waals surface area contributed by atoms with Crippen LogP contribution in [0.25, 0.3) is 22.3 Å². The third-order valence-electron chi connectivity index (χ3n) is 4.90. The van der Waals surface area contributed by atoms with Gasteiger partial charge in [0.2, 0.25) is 11.2 Å². The van der Waals surface area contributed by atoms with E-state index in [4.69, 9.17) is 9.15 Å². The maximum atomic E-state index is 12.7. The summed E-state index contributed by atoms with van der Waals surface area (Å²) in [5.41, 5.74) is -0.940. The van der Waals surface area contributed by atoms with Crippen LogP contribution in [0.2, 0.25) is 0 Å². The second-order valence-corrected chi connectivity index (χ2v) is 7.16. The van der Waals surface area contributed by atoms with E-state index in [1.54, 1.807) is 13.8 Å². The summed E-state index contributed by atoms with van der Waals surface area (Å²) in [5.74, 6) is -0.774. The monoisotopic (exact) mass is 370 g/mol. The van der Waals surface area contributed by atoms with Crippen LogP contribution >= 0.6 is 0 Å². The number of ether oxygens (including phenoxy) is 1. The van der Waals surface area contributed by atoms with E-state index < -0.39 is 22.9 Å². The summed E-state index contributed by atoms with van der Waals surface area (Å²) in [4.78, 5) is 12.7. The molecule has 1 atom stereocenters. The predicted molar refractivity (Wildman–Crippen MR) is 97.3 cm³/mol. The molecule has 0 spiro atoms. The predicted octanol–water partition coefficient (Wildman–Crippen LogP) is 2.65. The van der Waals surface area contributed by atoms with Crippen LogP contribution < -0.4 is 10.2 Å². The summed E-state index contributed by atoms with van der Waals surface area (Å²) >= 11 is 0. The summed E-state index contributed by atoms with van der Waals surface area (Å²) in [5, 5.41) is 40.4. The van der Waals surface area contributed by atoms with Crippen LogP contribution in [0.3, 0.4) is 0 Å². The van der Waals surface area contributed by atoms with Gasteiger partial charge in [0, 0.05) is 23.6 Å². The molecule has 140 valence electrons. The summed E-state index contributed by atoms with van der Waals surface area (Å²) in [6, 6.07) is 7.26. The SMILES string of the molecule is CC1(C)Oc2cc3oc(-c4ccc(O)cc4)c(O)c(=O)c3c(O)c2C[C@@H]1O. The number of aromatic hydroxyl groups is 3. The third-order valence-corrected chi connectivity index (χ3v) is 4.90. The van der Waals surface area contributed by atoms with Crippen LogP contribution in [0.15, 0.2) is 39.5 Å². The molecule has 0 aliphatic carbocycles. The first kappa shape index (κ1) is 17.2. The highest BCUT2D eigenvalue weighted by Gasteiger charge is 2.38.